The zero-order valence-corrected chi connectivity index (χ0v) is 18.3. The fraction of sp³-hybridized carbons (Fsp3) is 0.391. The fourth-order valence-corrected chi connectivity index (χ4v) is 5.10. The number of thioether (sulfide) groups is 1. The quantitative estimate of drug-likeness (QED) is 0.758. The molecule has 6 nitrogen and oxygen atoms in total. The van der Waals surface area contributed by atoms with Gasteiger partial charge in [-0.05, 0) is 30.5 Å². The van der Waals surface area contributed by atoms with Crippen molar-refractivity contribution < 1.29 is 4.74 Å². The Balaban J connectivity index is 1.25. The average Bonchev–Trinajstić information content (AvgIpc) is 3.23. The van der Waals surface area contributed by atoms with E-state index in [9.17, 15) is 0 Å². The number of methoxy groups -OCH3 is 1. The summed E-state index contributed by atoms with van der Waals surface area (Å²) in [6.07, 6.45) is 2.10. The van der Waals surface area contributed by atoms with Crippen molar-refractivity contribution in [1.82, 2.24) is 9.80 Å². The number of hydrogen-bond acceptors (Lipinski definition) is 7. The molecular weight excluding hydrogens is 394 g/mol. The van der Waals surface area contributed by atoms with Crippen LogP contribution in [0.5, 0.6) is 5.75 Å². The molecule has 7 heteroatoms. The Kier molecular flexibility index (Phi) is 5.39. The van der Waals surface area contributed by atoms with Crippen molar-refractivity contribution in [2.45, 2.75) is 6.04 Å². The van der Waals surface area contributed by atoms with Crippen molar-refractivity contribution in [3.8, 4) is 5.75 Å². The fourth-order valence-electron chi connectivity index (χ4n) is 4.48. The SMILES string of the molecule is COc1cccc(N2CCN(CC3CN=C4c5ccccc5N=C(SC)N43)CC2)c1. The molecule has 3 aliphatic heterocycles. The highest BCUT2D eigenvalue weighted by Crippen LogP contribution is 2.33. The second-order valence-electron chi connectivity index (χ2n) is 7.79. The first-order chi connectivity index (χ1) is 14.8. The monoisotopic (exact) mass is 421 g/mol. The number of para-hydroxylation sites is 1. The molecule has 1 saturated heterocycles. The first-order valence-electron chi connectivity index (χ1n) is 10.4. The Hall–Kier alpha value is -2.51. The van der Waals surface area contributed by atoms with Crippen molar-refractivity contribution in [3.05, 3.63) is 54.1 Å². The highest BCUT2D eigenvalue weighted by Gasteiger charge is 2.37. The maximum Gasteiger partial charge on any atom is 0.170 e. The lowest BCUT2D eigenvalue weighted by Crippen LogP contribution is -2.53. The smallest absolute Gasteiger partial charge is 0.170 e. The number of ether oxygens (including phenoxy) is 1. The van der Waals surface area contributed by atoms with Gasteiger partial charge in [0.05, 0.1) is 25.4 Å². The van der Waals surface area contributed by atoms with Gasteiger partial charge in [-0.25, -0.2) is 4.99 Å². The van der Waals surface area contributed by atoms with E-state index < -0.39 is 0 Å². The number of fused-ring (bicyclic) bond motifs is 3. The van der Waals surface area contributed by atoms with Crippen molar-refractivity contribution in [2.75, 3.05) is 57.5 Å². The number of benzene rings is 2. The highest BCUT2D eigenvalue weighted by molar-refractivity contribution is 8.13. The average molecular weight is 422 g/mol. The number of rotatable bonds is 4. The molecule has 0 bridgehead atoms. The second-order valence-corrected chi connectivity index (χ2v) is 8.57. The molecule has 0 N–H and O–H groups in total. The number of nitrogens with zero attached hydrogens (tertiary/aromatic N) is 5. The maximum atomic E-state index is 5.38. The largest absolute Gasteiger partial charge is 0.497 e. The van der Waals surface area contributed by atoms with Crippen LogP contribution in [-0.4, -0.2) is 79.5 Å². The standard InChI is InChI=1S/C23H27N5OS/c1-29-19-7-5-6-17(14-19)27-12-10-26(11-13-27)16-18-15-24-22-20-8-3-4-9-21(20)25-23(30-2)28(18)22/h3-9,14,18H,10-13,15-16H2,1-2H3. The van der Waals surface area contributed by atoms with Gasteiger partial charge >= 0.3 is 0 Å². The molecule has 1 fully saturated rings. The number of amidine groups is 2. The van der Waals surface area contributed by atoms with Crippen LogP contribution in [-0.2, 0) is 0 Å². The van der Waals surface area contributed by atoms with Crippen molar-refractivity contribution in [1.29, 1.82) is 0 Å². The van der Waals surface area contributed by atoms with Gasteiger partial charge in [0.15, 0.2) is 5.17 Å². The van der Waals surface area contributed by atoms with Gasteiger partial charge in [0.25, 0.3) is 0 Å². The minimum absolute atomic E-state index is 0.350. The lowest BCUT2D eigenvalue weighted by molar-refractivity contribution is 0.221. The molecule has 0 aliphatic carbocycles. The number of anilines is 1. The van der Waals surface area contributed by atoms with E-state index in [1.54, 1.807) is 18.9 Å². The number of hydrogen-bond donors (Lipinski definition) is 0. The zero-order chi connectivity index (χ0) is 20.5. The van der Waals surface area contributed by atoms with Gasteiger partial charge in [-0.15, -0.1) is 0 Å². The summed E-state index contributed by atoms with van der Waals surface area (Å²) in [5.74, 6) is 2.00. The van der Waals surface area contributed by atoms with Gasteiger partial charge in [0.1, 0.15) is 11.6 Å². The van der Waals surface area contributed by atoms with E-state index in [1.807, 2.05) is 12.1 Å². The molecule has 1 atom stereocenters. The highest BCUT2D eigenvalue weighted by atomic mass is 32.2. The van der Waals surface area contributed by atoms with Crippen molar-refractivity contribution in [3.63, 3.8) is 0 Å². The van der Waals surface area contributed by atoms with Gasteiger partial charge in [-0.3, -0.25) is 14.8 Å². The Morgan fingerprint density at radius 1 is 1.07 bits per heavy atom. The van der Waals surface area contributed by atoms with E-state index >= 15 is 0 Å². The molecule has 0 radical (unpaired) electrons. The lowest BCUT2D eigenvalue weighted by atomic mass is 10.1. The van der Waals surface area contributed by atoms with Gasteiger partial charge in [0.2, 0.25) is 0 Å². The molecule has 2 aromatic carbocycles. The van der Waals surface area contributed by atoms with E-state index in [0.29, 0.717) is 6.04 Å². The van der Waals surface area contributed by atoms with Crippen LogP contribution in [0.3, 0.4) is 0 Å². The Bertz CT molecular complexity index is 983. The first-order valence-corrected chi connectivity index (χ1v) is 11.7. The molecule has 2 aromatic rings. The summed E-state index contributed by atoms with van der Waals surface area (Å²) < 4.78 is 5.38. The van der Waals surface area contributed by atoms with Gasteiger partial charge in [-0.2, -0.15) is 0 Å². The number of aliphatic imine (C=N–C) groups is 2. The third-order valence-electron chi connectivity index (χ3n) is 6.05. The summed E-state index contributed by atoms with van der Waals surface area (Å²) in [6.45, 7) is 6.01. The van der Waals surface area contributed by atoms with Crippen molar-refractivity contribution in [2.24, 2.45) is 9.98 Å². The summed E-state index contributed by atoms with van der Waals surface area (Å²) in [4.78, 5) is 17.2. The zero-order valence-electron chi connectivity index (χ0n) is 17.5. The molecule has 3 aliphatic rings. The molecule has 156 valence electrons. The van der Waals surface area contributed by atoms with Crippen LogP contribution in [0.15, 0.2) is 58.5 Å². The molecule has 3 heterocycles. The van der Waals surface area contributed by atoms with E-state index in [1.165, 1.54) is 5.69 Å². The van der Waals surface area contributed by atoms with Crippen LogP contribution in [0.25, 0.3) is 0 Å². The molecule has 0 spiro atoms. The van der Waals surface area contributed by atoms with E-state index in [0.717, 1.165) is 67.3 Å². The normalized spacial score (nSPS) is 21.1. The van der Waals surface area contributed by atoms with Crippen LogP contribution >= 0.6 is 11.8 Å². The second kappa shape index (κ2) is 8.32. The lowest BCUT2D eigenvalue weighted by Gasteiger charge is -2.39. The first kappa shape index (κ1) is 19.5. The van der Waals surface area contributed by atoms with Crippen molar-refractivity contribution >= 4 is 34.1 Å². The maximum absolute atomic E-state index is 5.38. The molecule has 5 rings (SSSR count). The molecule has 0 saturated carbocycles. The molecule has 30 heavy (non-hydrogen) atoms. The Labute approximate surface area is 182 Å². The number of piperazine rings is 1. The molecule has 1 unspecified atom stereocenters. The van der Waals surface area contributed by atoms with Gasteiger partial charge in [-0.1, -0.05) is 30.0 Å². The summed E-state index contributed by atoms with van der Waals surface area (Å²) in [5.41, 5.74) is 3.43. The minimum atomic E-state index is 0.350. The van der Waals surface area contributed by atoms with Crippen LogP contribution in [0, 0.1) is 0 Å². The topological polar surface area (TPSA) is 43.7 Å². The van der Waals surface area contributed by atoms with Crippen LogP contribution in [0.2, 0.25) is 0 Å². The Morgan fingerprint density at radius 3 is 2.70 bits per heavy atom. The summed E-state index contributed by atoms with van der Waals surface area (Å²) >= 11 is 1.71. The van der Waals surface area contributed by atoms with E-state index in [2.05, 4.69) is 57.4 Å². The third-order valence-corrected chi connectivity index (χ3v) is 6.71. The predicted molar refractivity (Wildman–Crippen MR) is 126 cm³/mol. The van der Waals surface area contributed by atoms with Crippen LogP contribution in [0.4, 0.5) is 11.4 Å². The third kappa shape index (κ3) is 3.56. The van der Waals surface area contributed by atoms with Crippen LogP contribution in [0.1, 0.15) is 5.56 Å². The minimum Gasteiger partial charge on any atom is -0.497 e. The van der Waals surface area contributed by atoms with E-state index in [4.69, 9.17) is 14.7 Å². The van der Waals surface area contributed by atoms with E-state index in [-0.39, 0.29) is 0 Å². The summed E-state index contributed by atoms with van der Waals surface area (Å²) in [5, 5.41) is 1.06. The molecular formula is C23H27N5OS. The van der Waals surface area contributed by atoms with Gasteiger partial charge < -0.3 is 9.64 Å². The summed E-state index contributed by atoms with van der Waals surface area (Å²) in [7, 11) is 1.72. The van der Waals surface area contributed by atoms with Crippen LogP contribution < -0.4 is 9.64 Å². The molecule has 0 aromatic heterocycles. The Morgan fingerprint density at radius 2 is 1.90 bits per heavy atom. The summed E-state index contributed by atoms with van der Waals surface area (Å²) in [6, 6.07) is 17.0. The van der Waals surface area contributed by atoms with Gasteiger partial charge in [0, 0.05) is 50.0 Å². The molecule has 0 amide bonds. The predicted octanol–water partition coefficient (Wildman–Crippen LogP) is 3.31.